The molecule has 0 saturated carbocycles. The van der Waals surface area contributed by atoms with Crippen LogP contribution in [-0.4, -0.2) is 22.4 Å². The molecule has 0 atom stereocenters. The first kappa shape index (κ1) is 14.7. The normalized spacial score (nSPS) is 10.3. The van der Waals surface area contributed by atoms with Crippen molar-refractivity contribution in [3.63, 3.8) is 0 Å². The van der Waals surface area contributed by atoms with Crippen molar-refractivity contribution in [2.24, 2.45) is 0 Å². The number of ketones is 1. The van der Waals surface area contributed by atoms with Gasteiger partial charge in [-0.2, -0.15) is 0 Å². The molecule has 0 aliphatic rings. The van der Waals surface area contributed by atoms with E-state index in [0.29, 0.717) is 20.8 Å². The lowest BCUT2D eigenvalue weighted by Gasteiger charge is -2.07. The molecule has 1 aromatic heterocycles. The molecule has 0 aliphatic carbocycles. The predicted octanol–water partition coefficient (Wildman–Crippen LogP) is 2.55. The standard InChI is InChI=1S/C13H10BrClN2O3/c1-20-12-3-2-8(4-10(12)15)11(18)6-17-7-16-5-9(14)13(17)19/h2-5,7H,6H2,1H3. The summed E-state index contributed by atoms with van der Waals surface area (Å²) in [4.78, 5) is 27.8. The van der Waals surface area contributed by atoms with Gasteiger partial charge >= 0.3 is 0 Å². The van der Waals surface area contributed by atoms with Crippen LogP contribution in [0.2, 0.25) is 5.02 Å². The Morgan fingerprint density at radius 3 is 2.90 bits per heavy atom. The average molecular weight is 358 g/mol. The van der Waals surface area contributed by atoms with Crippen molar-refractivity contribution in [1.82, 2.24) is 9.55 Å². The van der Waals surface area contributed by atoms with Crippen molar-refractivity contribution in [3.8, 4) is 5.75 Å². The molecule has 0 N–H and O–H groups in total. The molecular formula is C13H10BrClN2O3. The maximum atomic E-state index is 12.1. The lowest BCUT2D eigenvalue weighted by Crippen LogP contribution is -2.24. The predicted molar refractivity (Wildman–Crippen MR) is 78.5 cm³/mol. The number of rotatable bonds is 4. The number of methoxy groups -OCH3 is 1. The van der Waals surface area contributed by atoms with Crippen molar-refractivity contribution in [2.45, 2.75) is 6.54 Å². The number of Topliss-reactive ketones (excluding diaryl/α,β-unsaturated/α-hetero) is 1. The van der Waals surface area contributed by atoms with E-state index in [4.69, 9.17) is 16.3 Å². The lowest BCUT2D eigenvalue weighted by molar-refractivity contribution is 0.0970. The third kappa shape index (κ3) is 3.08. The van der Waals surface area contributed by atoms with Gasteiger partial charge < -0.3 is 4.74 Å². The third-order valence-corrected chi connectivity index (χ3v) is 3.49. The zero-order valence-electron chi connectivity index (χ0n) is 10.5. The Hall–Kier alpha value is -1.66. The number of hydrogen-bond donors (Lipinski definition) is 0. The quantitative estimate of drug-likeness (QED) is 0.789. The zero-order chi connectivity index (χ0) is 14.7. The molecule has 104 valence electrons. The van der Waals surface area contributed by atoms with E-state index < -0.39 is 0 Å². The Labute approximate surface area is 128 Å². The Balaban J connectivity index is 2.26. The summed E-state index contributed by atoms with van der Waals surface area (Å²) in [5.41, 5.74) is 0.0932. The van der Waals surface area contributed by atoms with Crippen LogP contribution in [0, 0.1) is 0 Å². The maximum absolute atomic E-state index is 12.1. The summed E-state index contributed by atoms with van der Waals surface area (Å²) in [7, 11) is 1.50. The molecule has 0 amide bonds. The van der Waals surface area contributed by atoms with Gasteiger partial charge in [0.05, 0.1) is 25.0 Å². The van der Waals surface area contributed by atoms with E-state index in [9.17, 15) is 9.59 Å². The number of benzene rings is 1. The topological polar surface area (TPSA) is 61.2 Å². The van der Waals surface area contributed by atoms with Crippen LogP contribution in [0.4, 0.5) is 0 Å². The smallest absolute Gasteiger partial charge is 0.268 e. The van der Waals surface area contributed by atoms with Gasteiger partial charge in [0.15, 0.2) is 5.78 Å². The lowest BCUT2D eigenvalue weighted by atomic mass is 10.1. The van der Waals surface area contributed by atoms with Crippen molar-refractivity contribution in [2.75, 3.05) is 7.11 Å². The second kappa shape index (κ2) is 6.19. The molecule has 5 nitrogen and oxygen atoms in total. The van der Waals surface area contributed by atoms with Gasteiger partial charge in [-0.1, -0.05) is 11.6 Å². The van der Waals surface area contributed by atoms with E-state index in [1.165, 1.54) is 30.3 Å². The third-order valence-electron chi connectivity index (χ3n) is 2.65. The number of carbonyl (C=O) groups is 1. The van der Waals surface area contributed by atoms with Gasteiger partial charge in [0.25, 0.3) is 5.56 Å². The summed E-state index contributed by atoms with van der Waals surface area (Å²) in [6, 6.07) is 4.72. The number of halogens is 2. The number of aromatic nitrogens is 2. The van der Waals surface area contributed by atoms with Gasteiger partial charge in [0, 0.05) is 11.8 Å². The van der Waals surface area contributed by atoms with E-state index in [-0.39, 0.29) is 17.9 Å². The van der Waals surface area contributed by atoms with E-state index in [1.807, 2.05) is 0 Å². The van der Waals surface area contributed by atoms with Gasteiger partial charge in [-0.25, -0.2) is 4.98 Å². The van der Waals surface area contributed by atoms with Crippen LogP contribution in [-0.2, 0) is 6.54 Å². The Morgan fingerprint density at radius 1 is 1.50 bits per heavy atom. The first-order valence-electron chi connectivity index (χ1n) is 5.59. The highest BCUT2D eigenvalue weighted by atomic mass is 79.9. The number of carbonyl (C=O) groups excluding carboxylic acids is 1. The molecule has 1 aromatic carbocycles. The minimum absolute atomic E-state index is 0.103. The molecule has 7 heteroatoms. The van der Waals surface area contributed by atoms with Gasteiger partial charge in [-0.3, -0.25) is 14.2 Å². The van der Waals surface area contributed by atoms with Gasteiger partial charge in [0.2, 0.25) is 0 Å². The molecule has 0 bridgehead atoms. The van der Waals surface area contributed by atoms with Gasteiger partial charge in [0.1, 0.15) is 10.2 Å². The van der Waals surface area contributed by atoms with E-state index in [1.54, 1.807) is 12.1 Å². The van der Waals surface area contributed by atoms with Crippen molar-refractivity contribution in [1.29, 1.82) is 0 Å². The summed E-state index contributed by atoms with van der Waals surface area (Å²) in [6.45, 7) is -0.103. The second-order valence-corrected chi connectivity index (χ2v) is 5.21. The largest absolute Gasteiger partial charge is 0.495 e. The average Bonchev–Trinajstić information content (AvgIpc) is 2.43. The highest BCUT2D eigenvalue weighted by Gasteiger charge is 2.11. The Kier molecular flexibility index (Phi) is 4.57. The van der Waals surface area contributed by atoms with Crippen LogP contribution in [0.1, 0.15) is 10.4 Å². The van der Waals surface area contributed by atoms with Crippen LogP contribution >= 0.6 is 27.5 Å². The van der Waals surface area contributed by atoms with Gasteiger partial charge in [-0.15, -0.1) is 0 Å². The molecule has 0 fully saturated rings. The molecule has 0 aliphatic heterocycles. The van der Waals surface area contributed by atoms with Crippen LogP contribution in [0.25, 0.3) is 0 Å². The molecule has 0 spiro atoms. The fraction of sp³-hybridized carbons (Fsp3) is 0.154. The monoisotopic (exact) mass is 356 g/mol. The van der Waals surface area contributed by atoms with Crippen LogP contribution in [0.3, 0.4) is 0 Å². The highest BCUT2D eigenvalue weighted by Crippen LogP contribution is 2.25. The van der Waals surface area contributed by atoms with Crippen LogP contribution < -0.4 is 10.3 Å². The molecule has 20 heavy (non-hydrogen) atoms. The molecule has 1 heterocycles. The highest BCUT2D eigenvalue weighted by molar-refractivity contribution is 9.10. The minimum Gasteiger partial charge on any atom is -0.495 e. The first-order valence-corrected chi connectivity index (χ1v) is 6.76. The summed E-state index contributed by atoms with van der Waals surface area (Å²) >= 11 is 9.05. The van der Waals surface area contributed by atoms with Crippen molar-refractivity contribution < 1.29 is 9.53 Å². The van der Waals surface area contributed by atoms with Crippen molar-refractivity contribution in [3.05, 3.63) is 56.1 Å². The fourth-order valence-corrected chi connectivity index (χ4v) is 2.23. The zero-order valence-corrected chi connectivity index (χ0v) is 12.8. The second-order valence-electron chi connectivity index (χ2n) is 3.95. The maximum Gasteiger partial charge on any atom is 0.268 e. The van der Waals surface area contributed by atoms with E-state index >= 15 is 0 Å². The summed E-state index contributed by atoms with van der Waals surface area (Å²) < 4.78 is 6.55. The number of hydrogen-bond acceptors (Lipinski definition) is 4. The van der Waals surface area contributed by atoms with Crippen LogP contribution in [0.5, 0.6) is 5.75 Å². The van der Waals surface area contributed by atoms with E-state index in [0.717, 1.165) is 0 Å². The molecule has 0 saturated heterocycles. The summed E-state index contributed by atoms with van der Waals surface area (Å²) in [5.74, 6) is 0.251. The molecule has 2 rings (SSSR count). The molecule has 0 radical (unpaired) electrons. The molecule has 0 unspecified atom stereocenters. The SMILES string of the molecule is COc1ccc(C(=O)Cn2cncc(Br)c2=O)cc1Cl. The number of ether oxygens (including phenoxy) is 1. The van der Waals surface area contributed by atoms with Gasteiger partial charge in [-0.05, 0) is 34.1 Å². The fourth-order valence-electron chi connectivity index (χ4n) is 1.62. The Bertz CT molecular complexity index is 715. The number of nitrogens with zero attached hydrogens (tertiary/aromatic N) is 2. The molecule has 2 aromatic rings. The van der Waals surface area contributed by atoms with E-state index in [2.05, 4.69) is 20.9 Å². The summed E-state index contributed by atoms with van der Waals surface area (Å²) in [6.07, 6.45) is 2.70. The first-order chi connectivity index (χ1) is 9.52. The minimum atomic E-state index is -0.312. The van der Waals surface area contributed by atoms with Crippen LogP contribution in [0.15, 0.2) is 40.0 Å². The Morgan fingerprint density at radius 2 is 2.25 bits per heavy atom. The van der Waals surface area contributed by atoms with Crippen molar-refractivity contribution >= 4 is 33.3 Å². The molecular weight excluding hydrogens is 348 g/mol. The summed E-state index contributed by atoms with van der Waals surface area (Å²) in [5, 5.41) is 0.345.